The first-order valence-corrected chi connectivity index (χ1v) is 4.93. The summed E-state index contributed by atoms with van der Waals surface area (Å²) in [4.78, 5) is 0. The topological polar surface area (TPSA) is 30.5 Å². The monoisotopic (exact) mass is 247 g/mol. The maximum absolute atomic E-state index is 7.46. The van der Waals surface area contributed by atoms with Crippen LogP contribution in [0, 0.1) is 0 Å². The minimum absolute atomic E-state index is 0. The lowest BCUT2D eigenvalue weighted by atomic mass is 10.1. The van der Waals surface area contributed by atoms with Gasteiger partial charge in [-0.05, 0) is 37.5 Å². The highest BCUT2D eigenvalue weighted by Crippen LogP contribution is 2.32. The van der Waals surface area contributed by atoms with Gasteiger partial charge in [-0.1, -0.05) is 13.0 Å². The molecule has 1 aliphatic rings. The average Bonchev–Trinajstić information content (AvgIpc) is 2.47. The first kappa shape index (κ1) is 8.20. The maximum atomic E-state index is 7.46. The van der Waals surface area contributed by atoms with Crippen molar-refractivity contribution in [3.05, 3.63) is 23.8 Å². The Bertz CT molecular complexity index is 479. The number of nitrogens with one attached hydrogen (secondary N) is 1. The third kappa shape index (κ3) is 3.03. The Kier molecular flexibility index (Phi) is 3.06. The van der Waals surface area contributed by atoms with Crippen molar-refractivity contribution in [3.8, 4) is 11.5 Å². The molecule has 0 saturated carbocycles. The van der Waals surface area contributed by atoms with E-state index in [-0.39, 0.29) is 18.4 Å². The van der Waals surface area contributed by atoms with Crippen molar-refractivity contribution in [1.29, 1.82) is 0 Å². The van der Waals surface area contributed by atoms with Crippen molar-refractivity contribution in [2.45, 2.75) is 26.3 Å². The minimum Gasteiger partial charge on any atom is -0.454 e. The molecule has 90 valence electrons. The van der Waals surface area contributed by atoms with Crippen molar-refractivity contribution in [2.75, 3.05) is 13.2 Å². The van der Waals surface area contributed by atoms with E-state index in [2.05, 4.69) is 5.32 Å². The summed E-state index contributed by atoms with van der Waals surface area (Å²) in [5.74, 6) is 0.773. The molecule has 1 heterocycles. The molecule has 2 rings (SSSR count). The van der Waals surface area contributed by atoms with Gasteiger partial charge in [0.2, 0.25) is 6.75 Å². The van der Waals surface area contributed by atoms with Gasteiger partial charge in [0.25, 0.3) is 0 Å². The third-order valence-electron chi connectivity index (χ3n) is 2.24. The second kappa shape index (κ2) is 5.97. The molecule has 1 N–H and O–H groups in total. The second-order valence-corrected chi connectivity index (χ2v) is 3.57. The van der Waals surface area contributed by atoms with Crippen molar-refractivity contribution >= 4 is 12.4 Å². The van der Waals surface area contributed by atoms with Crippen molar-refractivity contribution in [3.63, 3.8) is 0 Å². The number of likely N-dealkylation sites (N-methyl/N-ethyl adjacent to an activating group) is 1. The van der Waals surface area contributed by atoms with E-state index in [0.717, 1.165) is 5.56 Å². The maximum Gasteiger partial charge on any atom is 0.231 e. The summed E-state index contributed by atoms with van der Waals surface area (Å²) in [7, 11) is 0. The first-order valence-electron chi connectivity index (χ1n) is 6.93. The van der Waals surface area contributed by atoms with Gasteiger partial charge < -0.3 is 14.8 Å². The second-order valence-electron chi connectivity index (χ2n) is 3.57. The van der Waals surface area contributed by atoms with Gasteiger partial charge in [0.15, 0.2) is 11.5 Å². The van der Waals surface area contributed by atoms with E-state index in [0.29, 0.717) is 17.9 Å². The van der Waals surface area contributed by atoms with Crippen LogP contribution in [0.25, 0.3) is 0 Å². The Morgan fingerprint density at radius 1 is 1.50 bits per heavy atom. The van der Waals surface area contributed by atoms with Crippen LogP contribution in [0.15, 0.2) is 18.2 Å². The Hall–Kier alpha value is -0.930. The summed E-state index contributed by atoms with van der Waals surface area (Å²) < 4.78 is 39.7. The average molecular weight is 248 g/mol. The van der Waals surface area contributed by atoms with Gasteiger partial charge in [-0.2, -0.15) is 0 Å². The molecule has 1 atom stereocenters. The highest BCUT2D eigenvalue weighted by Gasteiger charge is 2.13. The predicted octanol–water partition coefficient (Wildman–Crippen LogP) is 2.38. The molecule has 1 unspecified atom stereocenters. The fourth-order valence-corrected chi connectivity index (χ4v) is 1.61. The molecule has 3 nitrogen and oxygen atoms in total. The number of ether oxygens (including phenoxy) is 2. The molecular weight excluding hydrogens is 226 g/mol. The standard InChI is InChI=1S/C12H17NO2.ClH/c1-3-13-9(2)6-10-4-5-11-12(7-10)15-8-14-11;/h4-5,7,9,13H,3,6,8H2,1-2H3;1H/i3D2,8D2;. The zero-order valence-corrected chi connectivity index (χ0v) is 10.1. The Labute approximate surface area is 108 Å². The van der Waals surface area contributed by atoms with E-state index >= 15 is 0 Å². The highest BCUT2D eigenvalue weighted by molar-refractivity contribution is 5.85. The number of fused-ring (bicyclic) bond motifs is 1. The Morgan fingerprint density at radius 3 is 3.00 bits per heavy atom. The van der Waals surface area contributed by atoms with E-state index < -0.39 is 13.2 Å². The van der Waals surface area contributed by atoms with E-state index in [1.807, 2.05) is 13.0 Å². The molecule has 0 spiro atoms. The summed E-state index contributed by atoms with van der Waals surface area (Å²) in [6.45, 7) is -0.165. The van der Waals surface area contributed by atoms with Crippen LogP contribution in [-0.4, -0.2) is 19.3 Å². The van der Waals surface area contributed by atoms with Crippen LogP contribution < -0.4 is 14.8 Å². The van der Waals surface area contributed by atoms with E-state index in [4.69, 9.17) is 15.0 Å². The predicted molar refractivity (Wildman–Crippen MR) is 66.7 cm³/mol. The molecule has 0 aromatic heterocycles. The molecule has 0 saturated heterocycles. The van der Waals surface area contributed by atoms with Crippen LogP contribution in [0.1, 0.15) is 24.9 Å². The summed E-state index contributed by atoms with van der Waals surface area (Å²) in [6.07, 6.45) is 0.618. The lowest BCUT2D eigenvalue weighted by Crippen LogP contribution is -2.27. The van der Waals surface area contributed by atoms with E-state index in [1.165, 1.54) is 6.92 Å². The molecule has 0 radical (unpaired) electrons. The van der Waals surface area contributed by atoms with Gasteiger partial charge in [-0.15, -0.1) is 12.4 Å². The van der Waals surface area contributed by atoms with Gasteiger partial charge >= 0.3 is 0 Å². The van der Waals surface area contributed by atoms with Crippen LogP contribution in [-0.2, 0) is 6.42 Å². The zero-order chi connectivity index (χ0) is 14.3. The van der Waals surface area contributed by atoms with Crippen molar-refractivity contribution in [2.24, 2.45) is 0 Å². The summed E-state index contributed by atoms with van der Waals surface area (Å²) in [5.41, 5.74) is 0.935. The smallest absolute Gasteiger partial charge is 0.231 e. The molecule has 4 heteroatoms. The van der Waals surface area contributed by atoms with Crippen LogP contribution in [0.3, 0.4) is 0 Å². The first-order chi connectivity index (χ1) is 8.65. The Morgan fingerprint density at radius 2 is 2.25 bits per heavy atom. The fraction of sp³-hybridized carbons (Fsp3) is 0.500. The lowest BCUT2D eigenvalue weighted by Gasteiger charge is -2.12. The highest BCUT2D eigenvalue weighted by atomic mass is 35.5. The summed E-state index contributed by atoms with van der Waals surface area (Å²) in [5, 5.41) is 2.84. The summed E-state index contributed by atoms with van der Waals surface area (Å²) in [6, 6.07) is 5.18. The molecule has 0 aliphatic carbocycles. The van der Waals surface area contributed by atoms with E-state index in [1.54, 1.807) is 12.1 Å². The molecular formula is C12H18ClNO2. The number of rotatable bonds is 4. The third-order valence-corrected chi connectivity index (χ3v) is 2.24. The van der Waals surface area contributed by atoms with Crippen molar-refractivity contribution < 1.29 is 15.0 Å². The van der Waals surface area contributed by atoms with Crippen LogP contribution in [0.2, 0.25) is 0 Å². The molecule has 1 aromatic rings. The van der Waals surface area contributed by atoms with E-state index in [9.17, 15) is 0 Å². The summed E-state index contributed by atoms with van der Waals surface area (Å²) >= 11 is 0. The number of hydrogen-bond acceptors (Lipinski definition) is 3. The van der Waals surface area contributed by atoms with Gasteiger partial charge in [-0.25, -0.2) is 0 Å². The van der Waals surface area contributed by atoms with Crippen LogP contribution in [0.5, 0.6) is 11.5 Å². The molecule has 1 aromatic carbocycles. The molecule has 0 bridgehead atoms. The lowest BCUT2D eigenvalue weighted by molar-refractivity contribution is 0.174. The number of halogens is 1. The minimum atomic E-state index is -2.11. The fourth-order valence-electron chi connectivity index (χ4n) is 1.61. The number of hydrogen-bond donors (Lipinski definition) is 1. The largest absolute Gasteiger partial charge is 0.454 e. The molecule has 16 heavy (non-hydrogen) atoms. The van der Waals surface area contributed by atoms with Crippen molar-refractivity contribution in [1.82, 2.24) is 5.32 Å². The SMILES string of the molecule is Cl.[2H]C([2H])(C)NC(C)Cc1ccc2c(c1)OC([2H])([2H])O2. The molecule has 0 fully saturated rings. The van der Waals surface area contributed by atoms with Crippen LogP contribution >= 0.6 is 12.4 Å². The normalized spacial score (nSPS) is 22.1. The zero-order valence-electron chi connectivity index (χ0n) is 13.2. The van der Waals surface area contributed by atoms with Gasteiger partial charge in [-0.3, -0.25) is 0 Å². The van der Waals surface area contributed by atoms with Gasteiger partial charge in [0.1, 0.15) is 2.74 Å². The van der Waals surface area contributed by atoms with Crippen LogP contribution in [0.4, 0.5) is 0 Å². The van der Waals surface area contributed by atoms with Gasteiger partial charge in [0.05, 0.1) is 0 Å². The quantitative estimate of drug-likeness (QED) is 0.886. The molecule has 0 amide bonds. The molecule has 1 aliphatic heterocycles. The van der Waals surface area contributed by atoms with Gasteiger partial charge in [0, 0.05) is 8.78 Å². The Balaban J connectivity index is 0.00000200. The number of benzene rings is 1.